The predicted molar refractivity (Wildman–Crippen MR) is 99.5 cm³/mol. The minimum Gasteiger partial charge on any atom is -0.485 e. The molecule has 29 heavy (non-hydrogen) atoms. The predicted octanol–water partition coefficient (Wildman–Crippen LogP) is -0.308. The first kappa shape index (κ1) is 20.3. The van der Waals surface area contributed by atoms with Gasteiger partial charge in [-0.3, -0.25) is 0 Å². The Balaban J connectivity index is 1.65. The van der Waals surface area contributed by atoms with Crippen LogP contribution < -0.4 is 10.4 Å². The molecule has 0 unspecified atom stereocenters. The number of hydrogen-bond acceptors (Lipinski definition) is 9. The number of hydrogen-bond donors (Lipinski definition) is 4. The topological polar surface area (TPSA) is 139 Å². The van der Waals surface area contributed by atoms with Gasteiger partial charge in [-0.15, -0.1) is 0 Å². The lowest BCUT2D eigenvalue weighted by Crippen LogP contribution is -2.61. The van der Waals surface area contributed by atoms with Gasteiger partial charge in [-0.1, -0.05) is 0 Å². The molecule has 4 N–H and O–H groups in total. The first-order valence-electron chi connectivity index (χ1n) is 9.42. The summed E-state index contributed by atoms with van der Waals surface area (Å²) in [5.74, 6) is 0.561. The molecule has 0 radical (unpaired) electrons. The van der Waals surface area contributed by atoms with Gasteiger partial charge >= 0.3 is 5.63 Å². The number of aliphatic hydroxyl groups is 4. The molecule has 1 fully saturated rings. The van der Waals surface area contributed by atoms with Gasteiger partial charge in [0.1, 0.15) is 47.5 Å². The summed E-state index contributed by atoms with van der Waals surface area (Å²) >= 11 is 0. The van der Waals surface area contributed by atoms with Crippen LogP contribution in [-0.4, -0.2) is 69.4 Å². The van der Waals surface area contributed by atoms with Gasteiger partial charge in [0.2, 0.25) is 0 Å². The second-order valence-corrected chi connectivity index (χ2v) is 7.95. The second kappa shape index (κ2) is 7.35. The number of benzene rings is 1. The first-order valence-corrected chi connectivity index (χ1v) is 9.42. The Hall–Kier alpha value is -2.01. The van der Waals surface area contributed by atoms with Gasteiger partial charge in [0.15, 0.2) is 6.29 Å². The quantitative estimate of drug-likeness (QED) is 0.504. The molecular weight excluding hydrogens is 384 g/mol. The number of ether oxygens (including phenoxy) is 3. The molecule has 0 spiro atoms. The third kappa shape index (κ3) is 3.54. The van der Waals surface area contributed by atoms with Gasteiger partial charge in [-0.25, -0.2) is 4.79 Å². The van der Waals surface area contributed by atoms with Crippen LogP contribution in [0.4, 0.5) is 0 Å². The average molecular weight is 408 g/mol. The first-order chi connectivity index (χ1) is 13.7. The summed E-state index contributed by atoms with van der Waals surface area (Å²) in [4.78, 5) is 11.7. The minimum atomic E-state index is -1.54. The van der Waals surface area contributed by atoms with E-state index in [4.69, 9.17) is 18.6 Å². The highest BCUT2D eigenvalue weighted by Gasteiger charge is 2.48. The zero-order valence-electron chi connectivity index (χ0n) is 16.0. The lowest BCUT2D eigenvalue weighted by Gasteiger charge is -2.45. The van der Waals surface area contributed by atoms with E-state index in [1.165, 1.54) is 6.07 Å². The molecule has 1 aromatic carbocycles. The van der Waals surface area contributed by atoms with Crippen LogP contribution >= 0.6 is 0 Å². The highest BCUT2D eigenvalue weighted by Crippen LogP contribution is 2.39. The van der Waals surface area contributed by atoms with E-state index in [-0.39, 0.29) is 0 Å². The fourth-order valence-corrected chi connectivity index (χ4v) is 3.79. The summed E-state index contributed by atoms with van der Waals surface area (Å²) in [6.07, 6.45) is -7.24. The standard InChI is InChI=1S/C20H24O9/c1-20(2)13(27-19-17(25)16(24)15(23)12(8-21)26-19)7-10-11(29-20)5-3-9-4-6-14(22)28-18(9)10/h3-6,12-13,15-17,19,21,23-25H,7-8H2,1-2H3/t12-,13-,15-,16+,17-,19+/m1/s1. The summed E-state index contributed by atoms with van der Waals surface area (Å²) in [6.45, 7) is 3.06. The van der Waals surface area contributed by atoms with E-state index < -0.39 is 54.6 Å². The molecule has 0 amide bonds. The largest absolute Gasteiger partial charge is 0.485 e. The van der Waals surface area contributed by atoms with Crippen LogP contribution in [0.3, 0.4) is 0 Å². The molecule has 3 heterocycles. The van der Waals surface area contributed by atoms with Crippen molar-refractivity contribution in [3.63, 3.8) is 0 Å². The third-order valence-electron chi connectivity index (χ3n) is 5.53. The van der Waals surface area contributed by atoms with E-state index in [1.54, 1.807) is 32.0 Å². The second-order valence-electron chi connectivity index (χ2n) is 7.95. The summed E-state index contributed by atoms with van der Waals surface area (Å²) in [5, 5.41) is 40.3. The minimum absolute atomic E-state index is 0.293. The Morgan fingerprint density at radius 1 is 1.10 bits per heavy atom. The van der Waals surface area contributed by atoms with Crippen LogP contribution in [0.1, 0.15) is 19.4 Å². The van der Waals surface area contributed by atoms with Crippen molar-refractivity contribution in [2.45, 2.75) is 62.7 Å². The molecule has 2 aliphatic heterocycles. The summed E-state index contributed by atoms with van der Waals surface area (Å²) in [5.41, 5.74) is -0.279. The van der Waals surface area contributed by atoms with Crippen LogP contribution in [-0.2, 0) is 15.9 Å². The Morgan fingerprint density at radius 3 is 2.55 bits per heavy atom. The summed E-state index contributed by atoms with van der Waals surface area (Å²) in [6, 6.07) is 6.59. The lowest BCUT2D eigenvalue weighted by molar-refractivity contribution is -0.321. The zero-order valence-corrected chi connectivity index (χ0v) is 16.0. The van der Waals surface area contributed by atoms with Crippen LogP contribution in [0.25, 0.3) is 11.0 Å². The number of rotatable bonds is 3. The fourth-order valence-electron chi connectivity index (χ4n) is 3.79. The molecule has 1 aromatic heterocycles. The normalized spacial score (nSPS) is 33.9. The Labute approximate surface area is 166 Å². The van der Waals surface area contributed by atoms with Crippen molar-refractivity contribution < 1.29 is 39.1 Å². The molecule has 0 bridgehead atoms. The average Bonchev–Trinajstić information content (AvgIpc) is 2.68. The molecule has 2 aromatic rings. The zero-order chi connectivity index (χ0) is 20.9. The van der Waals surface area contributed by atoms with Crippen molar-refractivity contribution in [3.8, 4) is 5.75 Å². The van der Waals surface area contributed by atoms with Crippen LogP contribution in [0.2, 0.25) is 0 Å². The third-order valence-corrected chi connectivity index (χ3v) is 5.53. The van der Waals surface area contributed by atoms with Gasteiger partial charge in [0.05, 0.1) is 6.61 Å². The smallest absolute Gasteiger partial charge is 0.336 e. The van der Waals surface area contributed by atoms with E-state index in [0.29, 0.717) is 23.3 Å². The molecule has 2 aliphatic rings. The van der Waals surface area contributed by atoms with E-state index >= 15 is 0 Å². The molecule has 9 nitrogen and oxygen atoms in total. The SMILES string of the molecule is CC1(C)Oc2ccc3ccc(=O)oc3c2C[C@H]1O[C@@H]1O[C@H](CO)[C@@H](O)[C@H](O)[C@H]1O. The Kier molecular flexibility index (Phi) is 5.14. The maximum absolute atomic E-state index is 11.7. The molecule has 0 aliphatic carbocycles. The van der Waals surface area contributed by atoms with Crippen LogP contribution in [0, 0.1) is 0 Å². The summed E-state index contributed by atoms with van der Waals surface area (Å²) in [7, 11) is 0. The van der Waals surface area contributed by atoms with E-state index in [1.807, 2.05) is 0 Å². The highest BCUT2D eigenvalue weighted by atomic mass is 16.7. The van der Waals surface area contributed by atoms with Gasteiger partial charge in [0.25, 0.3) is 0 Å². The Morgan fingerprint density at radius 2 is 1.83 bits per heavy atom. The van der Waals surface area contributed by atoms with Crippen molar-refractivity contribution in [1.82, 2.24) is 0 Å². The molecule has 1 saturated heterocycles. The van der Waals surface area contributed by atoms with Gasteiger partial charge in [-0.05, 0) is 32.0 Å². The lowest BCUT2D eigenvalue weighted by atomic mass is 9.89. The van der Waals surface area contributed by atoms with Crippen molar-refractivity contribution in [2.24, 2.45) is 0 Å². The number of aliphatic hydroxyl groups excluding tert-OH is 4. The monoisotopic (exact) mass is 408 g/mol. The highest BCUT2D eigenvalue weighted by molar-refractivity contribution is 5.82. The molecule has 4 rings (SSSR count). The van der Waals surface area contributed by atoms with E-state index in [0.717, 1.165) is 5.39 Å². The molecule has 0 saturated carbocycles. The van der Waals surface area contributed by atoms with Crippen molar-refractivity contribution in [1.29, 1.82) is 0 Å². The van der Waals surface area contributed by atoms with Gasteiger partial charge in [0, 0.05) is 23.4 Å². The van der Waals surface area contributed by atoms with Crippen molar-refractivity contribution >= 4 is 11.0 Å². The molecule has 158 valence electrons. The fraction of sp³-hybridized carbons (Fsp3) is 0.550. The molecule has 9 heteroatoms. The van der Waals surface area contributed by atoms with Crippen molar-refractivity contribution in [3.05, 3.63) is 40.2 Å². The van der Waals surface area contributed by atoms with Gasteiger partial charge in [-0.2, -0.15) is 0 Å². The maximum atomic E-state index is 11.7. The van der Waals surface area contributed by atoms with E-state index in [9.17, 15) is 25.2 Å². The van der Waals surface area contributed by atoms with E-state index in [2.05, 4.69) is 0 Å². The molecule has 6 atom stereocenters. The van der Waals surface area contributed by atoms with Crippen LogP contribution in [0.5, 0.6) is 5.75 Å². The Bertz CT molecular complexity index is 951. The van der Waals surface area contributed by atoms with Gasteiger partial charge < -0.3 is 39.1 Å². The van der Waals surface area contributed by atoms with Crippen molar-refractivity contribution in [2.75, 3.05) is 6.61 Å². The van der Waals surface area contributed by atoms with Crippen LogP contribution in [0.15, 0.2) is 33.5 Å². The number of fused-ring (bicyclic) bond motifs is 3. The summed E-state index contributed by atoms with van der Waals surface area (Å²) < 4.78 is 22.9. The molecular formula is C20H24O9. The maximum Gasteiger partial charge on any atom is 0.336 e.